The van der Waals surface area contributed by atoms with Gasteiger partial charge in [0.1, 0.15) is 11.6 Å². The highest BCUT2D eigenvalue weighted by atomic mass is 16.6. The number of rotatable bonds is 4. The fraction of sp³-hybridized carbons (Fsp3) is 0.353. The number of para-hydroxylation sites is 1. The average Bonchev–Trinajstić information content (AvgIpc) is 2.44. The third-order valence-corrected chi connectivity index (χ3v) is 3.13. The lowest BCUT2D eigenvalue weighted by molar-refractivity contribution is -0.139. The second-order valence-corrected chi connectivity index (χ2v) is 6.23. The molecule has 0 unspecified atom stereocenters. The van der Waals surface area contributed by atoms with Gasteiger partial charge in [0, 0.05) is 18.0 Å². The third-order valence-electron chi connectivity index (χ3n) is 3.13. The molecule has 2 rings (SSSR count). The monoisotopic (exact) mass is 316 g/mol. The van der Waals surface area contributed by atoms with Gasteiger partial charge in [0.2, 0.25) is 0 Å². The van der Waals surface area contributed by atoms with E-state index in [4.69, 9.17) is 4.74 Å². The van der Waals surface area contributed by atoms with Gasteiger partial charge >= 0.3 is 12.1 Å². The Hall–Kier alpha value is -2.63. The number of carboxylic acids is 1. The van der Waals surface area contributed by atoms with Gasteiger partial charge in [-0.25, -0.2) is 9.59 Å². The number of carbonyl (C=O) groups is 2. The van der Waals surface area contributed by atoms with Crippen molar-refractivity contribution in [3.05, 3.63) is 42.1 Å². The number of nitrogens with one attached hydrogen (secondary N) is 1. The molecule has 0 aliphatic heterocycles. The number of hydrogen-bond acceptors (Lipinski definition) is 4. The van der Waals surface area contributed by atoms with E-state index in [2.05, 4.69) is 10.3 Å². The summed E-state index contributed by atoms with van der Waals surface area (Å²) in [6.07, 6.45) is 1.03. The molecule has 0 saturated carbocycles. The van der Waals surface area contributed by atoms with Crippen LogP contribution in [0.2, 0.25) is 0 Å². The largest absolute Gasteiger partial charge is 0.480 e. The predicted octanol–water partition coefficient (Wildman–Crippen LogP) is 2.76. The highest BCUT2D eigenvalue weighted by Crippen LogP contribution is 2.17. The molecule has 2 N–H and O–H groups in total. The van der Waals surface area contributed by atoms with Crippen LogP contribution in [-0.4, -0.2) is 33.8 Å². The Balaban J connectivity index is 2.19. The predicted molar refractivity (Wildman–Crippen MR) is 86.2 cm³/mol. The van der Waals surface area contributed by atoms with Crippen LogP contribution >= 0.6 is 0 Å². The lowest BCUT2D eigenvalue weighted by atomic mass is 10.0. The fourth-order valence-electron chi connectivity index (χ4n) is 2.20. The van der Waals surface area contributed by atoms with Crippen LogP contribution in [0.15, 0.2) is 36.5 Å². The maximum Gasteiger partial charge on any atom is 0.408 e. The van der Waals surface area contributed by atoms with E-state index < -0.39 is 23.7 Å². The Labute approximate surface area is 134 Å². The summed E-state index contributed by atoms with van der Waals surface area (Å²) in [4.78, 5) is 27.6. The molecule has 1 atom stereocenters. The van der Waals surface area contributed by atoms with Gasteiger partial charge in [-0.3, -0.25) is 4.98 Å². The van der Waals surface area contributed by atoms with E-state index in [1.54, 1.807) is 27.0 Å². The second kappa shape index (κ2) is 6.64. The number of aromatic nitrogens is 1. The molecule has 1 aromatic heterocycles. The summed E-state index contributed by atoms with van der Waals surface area (Å²) < 4.78 is 5.11. The Kier molecular flexibility index (Phi) is 4.83. The fourth-order valence-corrected chi connectivity index (χ4v) is 2.20. The Morgan fingerprint density at radius 3 is 2.61 bits per heavy atom. The van der Waals surface area contributed by atoms with E-state index >= 15 is 0 Å². The third kappa shape index (κ3) is 4.67. The average molecular weight is 316 g/mol. The van der Waals surface area contributed by atoms with Gasteiger partial charge in [-0.1, -0.05) is 24.3 Å². The van der Waals surface area contributed by atoms with Crippen LogP contribution in [0.1, 0.15) is 26.3 Å². The highest BCUT2D eigenvalue weighted by Gasteiger charge is 2.24. The minimum atomic E-state index is -1.12. The molecular formula is C17H20N2O4. The number of amides is 1. The van der Waals surface area contributed by atoms with Crippen LogP contribution in [0.3, 0.4) is 0 Å². The minimum absolute atomic E-state index is 0.128. The molecule has 1 aromatic carbocycles. The van der Waals surface area contributed by atoms with E-state index in [9.17, 15) is 14.7 Å². The molecule has 1 heterocycles. The molecule has 0 aliphatic carbocycles. The van der Waals surface area contributed by atoms with Crippen LogP contribution in [0.4, 0.5) is 4.79 Å². The van der Waals surface area contributed by atoms with Crippen molar-refractivity contribution in [2.24, 2.45) is 0 Å². The molecular weight excluding hydrogens is 296 g/mol. The molecule has 0 fully saturated rings. The van der Waals surface area contributed by atoms with Crippen molar-refractivity contribution in [2.45, 2.75) is 38.8 Å². The zero-order valence-electron chi connectivity index (χ0n) is 13.4. The van der Waals surface area contributed by atoms with Crippen molar-refractivity contribution in [3.63, 3.8) is 0 Å². The molecule has 0 bridgehead atoms. The van der Waals surface area contributed by atoms with Gasteiger partial charge < -0.3 is 15.2 Å². The number of hydrogen-bond donors (Lipinski definition) is 2. The van der Waals surface area contributed by atoms with Crippen LogP contribution < -0.4 is 5.32 Å². The first-order valence-electron chi connectivity index (χ1n) is 7.31. The maximum atomic E-state index is 11.8. The summed E-state index contributed by atoms with van der Waals surface area (Å²) in [5.74, 6) is -1.12. The molecule has 122 valence electrons. The molecule has 0 spiro atoms. The number of carboxylic acid groups (broad SMARTS) is 1. The lowest BCUT2D eigenvalue weighted by Gasteiger charge is -2.22. The van der Waals surface area contributed by atoms with E-state index in [1.807, 2.05) is 30.3 Å². The molecule has 6 nitrogen and oxygen atoms in total. The first-order valence-corrected chi connectivity index (χ1v) is 7.31. The van der Waals surface area contributed by atoms with E-state index in [0.717, 1.165) is 16.5 Å². The number of aliphatic carboxylic acids is 1. The number of alkyl carbamates (subject to hydrolysis) is 1. The summed E-state index contributed by atoms with van der Waals surface area (Å²) in [5.41, 5.74) is 0.799. The Morgan fingerprint density at radius 1 is 1.26 bits per heavy atom. The summed E-state index contributed by atoms with van der Waals surface area (Å²) in [5, 5.41) is 12.7. The number of pyridine rings is 1. The van der Waals surface area contributed by atoms with Gasteiger partial charge in [0.25, 0.3) is 0 Å². The summed E-state index contributed by atoms with van der Waals surface area (Å²) >= 11 is 0. The van der Waals surface area contributed by atoms with Crippen molar-refractivity contribution < 1.29 is 19.4 Å². The van der Waals surface area contributed by atoms with Gasteiger partial charge in [-0.2, -0.15) is 0 Å². The smallest absolute Gasteiger partial charge is 0.408 e. The summed E-state index contributed by atoms with van der Waals surface area (Å²) in [7, 11) is 0. The number of fused-ring (bicyclic) bond motifs is 1. The first-order chi connectivity index (χ1) is 10.8. The molecule has 1 amide bonds. The standard InChI is InChI=1S/C17H20N2O4/c1-17(2,3)23-16(22)19-13(15(20)21)10-12-7-4-6-11-8-5-9-18-14(11)12/h4-9,13H,10H2,1-3H3,(H,19,22)(H,20,21)/t13-/m1/s1. The van der Waals surface area contributed by atoms with Crippen LogP contribution in [-0.2, 0) is 16.0 Å². The molecule has 2 aromatic rings. The minimum Gasteiger partial charge on any atom is -0.480 e. The Bertz CT molecular complexity index is 717. The number of nitrogens with zero attached hydrogens (tertiary/aromatic N) is 1. The van der Waals surface area contributed by atoms with Crippen molar-refractivity contribution in [3.8, 4) is 0 Å². The van der Waals surface area contributed by atoms with E-state index in [-0.39, 0.29) is 6.42 Å². The van der Waals surface area contributed by atoms with Crippen molar-refractivity contribution in [1.29, 1.82) is 0 Å². The van der Waals surface area contributed by atoms with Crippen LogP contribution in [0.25, 0.3) is 10.9 Å². The summed E-state index contributed by atoms with van der Waals surface area (Å²) in [6.45, 7) is 5.16. The second-order valence-electron chi connectivity index (χ2n) is 6.23. The quantitative estimate of drug-likeness (QED) is 0.905. The zero-order chi connectivity index (χ0) is 17.0. The van der Waals surface area contributed by atoms with Crippen molar-refractivity contribution in [2.75, 3.05) is 0 Å². The number of benzene rings is 1. The first kappa shape index (κ1) is 16.7. The maximum absolute atomic E-state index is 11.8. The van der Waals surface area contributed by atoms with E-state index in [0.29, 0.717) is 0 Å². The van der Waals surface area contributed by atoms with Crippen molar-refractivity contribution in [1.82, 2.24) is 10.3 Å². The van der Waals surface area contributed by atoms with Gasteiger partial charge in [0.05, 0.1) is 5.52 Å². The highest BCUT2D eigenvalue weighted by molar-refractivity contribution is 5.84. The van der Waals surface area contributed by atoms with Gasteiger partial charge in [-0.15, -0.1) is 0 Å². The van der Waals surface area contributed by atoms with Gasteiger partial charge in [0.15, 0.2) is 0 Å². The molecule has 0 radical (unpaired) electrons. The van der Waals surface area contributed by atoms with Crippen LogP contribution in [0, 0.1) is 0 Å². The Morgan fingerprint density at radius 2 is 1.96 bits per heavy atom. The molecule has 23 heavy (non-hydrogen) atoms. The molecule has 0 aliphatic rings. The van der Waals surface area contributed by atoms with Gasteiger partial charge in [-0.05, 0) is 32.4 Å². The summed E-state index contributed by atoms with van der Waals surface area (Å²) in [6, 6.07) is 8.19. The number of carbonyl (C=O) groups excluding carboxylic acids is 1. The lowest BCUT2D eigenvalue weighted by Crippen LogP contribution is -2.44. The topological polar surface area (TPSA) is 88.5 Å². The van der Waals surface area contributed by atoms with E-state index in [1.165, 1.54) is 0 Å². The molecule has 6 heteroatoms. The van der Waals surface area contributed by atoms with Crippen LogP contribution in [0.5, 0.6) is 0 Å². The SMILES string of the molecule is CC(C)(C)OC(=O)N[C@H](Cc1cccc2cccnc12)C(=O)O. The molecule has 0 saturated heterocycles. The zero-order valence-corrected chi connectivity index (χ0v) is 13.4. The normalized spacial score (nSPS) is 12.7. The number of ether oxygens (including phenoxy) is 1. The van der Waals surface area contributed by atoms with Crippen molar-refractivity contribution >= 4 is 23.0 Å².